The van der Waals surface area contributed by atoms with Crippen LogP contribution in [0.2, 0.25) is 10.0 Å². The topological polar surface area (TPSA) is 116 Å². The van der Waals surface area contributed by atoms with Crippen molar-refractivity contribution >= 4 is 61.5 Å². The van der Waals surface area contributed by atoms with Gasteiger partial charge in [-0.25, -0.2) is 13.4 Å². The molecule has 0 bridgehead atoms. The highest BCUT2D eigenvalue weighted by Crippen LogP contribution is 2.31. The molecule has 1 N–H and O–H groups in total. The highest BCUT2D eigenvalue weighted by atomic mass is 35.5. The van der Waals surface area contributed by atoms with E-state index in [0.29, 0.717) is 49.2 Å². The van der Waals surface area contributed by atoms with Gasteiger partial charge in [0.1, 0.15) is 5.76 Å². The van der Waals surface area contributed by atoms with Gasteiger partial charge >= 0.3 is 0 Å². The Morgan fingerprint density at radius 3 is 2.41 bits per heavy atom. The lowest BCUT2D eigenvalue weighted by atomic mass is 10.0. The van der Waals surface area contributed by atoms with Crippen LogP contribution in [0.5, 0.6) is 0 Å². The Bertz CT molecular complexity index is 1750. The molecule has 0 spiro atoms. The number of hydrogen-bond acceptors (Lipinski definition) is 6. The number of aryl methyl sites for hydroxylation is 1. The number of hydrogen-bond donors (Lipinski definition) is 1. The fourth-order valence-corrected chi connectivity index (χ4v) is 4.86. The first-order valence-electron chi connectivity index (χ1n) is 10.9. The molecule has 0 fully saturated rings. The van der Waals surface area contributed by atoms with Crippen molar-refractivity contribution in [3.63, 3.8) is 0 Å². The molecule has 2 heterocycles. The van der Waals surface area contributed by atoms with E-state index < -0.39 is 15.9 Å². The minimum atomic E-state index is -4.01. The smallest absolute Gasteiger partial charge is 0.256 e. The number of amides is 1. The number of rotatable bonds is 6. The number of anilines is 1. The standard InChI is InChI=1S/C26H18Cl2N4O4S/c1-15-12-25(31-36-15)32-37(34,35)18-9-7-17(8-10-18)29-26(33)20-14-24(16-6-11-21(27)22(28)13-16)30-23-5-3-2-4-19(20)23/h2-14H,1H3,(H2,29,31,32,33)/p-1. The second-order valence-electron chi connectivity index (χ2n) is 8.04. The summed E-state index contributed by atoms with van der Waals surface area (Å²) in [5.74, 6) is 0.00784. The molecule has 8 nitrogen and oxygen atoms in total. The van der Waals surface area contributed by atoms with Gasteiger partial charge in [0.25, 0.3) is 5.91 Å². The predicted octanol–water partition coefficient (Wildman–Crippen LogP) is 7.15. The van der Waals surface area contributed by atoms with Crippen LogP contribution < -0.4 is 5.32 Å². The minimum absolute atomic E-state index is 0.0442. The van der Waals surface area contributed by atoms with Gasteiger partial charge in [0.15, 0.2) is 0 Å². The first kappa shape index (κ1) is 24.8. The van der Waals surface area contributed by atoms with Crippen LogP contribution >= 0.6 is 23.2 Å². The van der Waals surface area contributed by atoms with Crippen LogP contribution in [-0.2, 0) is 10.0 Å². The Morgan fingerprint density at radius 1 is 0.946 bits per heavy atom. The molecule has 0 radical (unpaired) electrons. The van der Waals surface area contributed by atoms with E-state index in [2.05, 4.69) is 20.2 Å². The summed E-state index contributed by atoms with van der Waals surface area (Å²) in [6.07, 6.45) is 0. The largest absolute Gasteiger partial charge is 0.460 e. The maximum atomic E-state index is 13.3. The van der Waals surface area contributed by atoms with E-state index >= 15 is 0 Å². The Morgan fingerprint density at radius 2 is 1.70 bits per heavy atom. The number of benzene rings is 3. The summed E-state index contributed by atoms with van der Waals surface area (Å²) in [7, 11) is -4.01. The number of sulfonamides is 1. The molecule has 2 aromatic heterocycles. The summed E-state index contributed by atoms with van der Waals surface area (Å²) in [6.45, 7) is 1.63. The van der Waals surface area contributed by atoms with Crippen LogP contribution in [0.3, 0.4) is 0 Å². The molecule has 0 aliphatic rings. The van der Waals surface area contributed by atoms with Crippen LogP contribution in [0.1, 0.15) is 16.1 Å². The Balaban J connectivity index is 1.43. The number of nitrogens with one attached hydrogen (secondary N) is 1. The van der Waals surface area contributed by atoms with E-state index in [9.17, 15) is 13.2 Å². The zero-order chi connectivity index (χ0) is 26.2. The Hall–Kier alpha value is -3.92. The number of para-hydroxylation sites is 1. The second-order valence-corrected chi connectivity index (χ2v) is 10.5. The van der Waals surface area contributed by atoms with Crippen molar-refractivity contribution in [2.24, 2.45) is 0 Å². The normalized spacial score (nSPS) is 11.4. The summed E-state index contributed by atoms with van der Waals surface area (Å²) in [5, 5.41) is 7.85. The molecular weight excluding hydrogens is 535 g/mol. The zero-order valence-electron chi connectivity index (χ0n) is 19.1. The van der Waals surface area contributed by atoms with Crippen molar-refractivity contribution in [2.45, 2.75) is 11.8 Å². The SMILES string of the molecule is Cc1cc([N-]S(=O)(=O)c2ccc(NC(=O)c3cc(-c4ccc(Cl)c(Cl)c4)nc4ccccc34)cc2)no1. The maximum absolute atomic E-state index is 13.3. The van der Waals surface area contributed by atoms with E-state index in [1.54, 1.807) is 37.3 Å². The van der Waals surface area contributed by atoms with E-state index in [0.717, 1.165) is 0 Å². The Labute approximate surface area is 222 Å². The van der Waals surface area contributed by atoms with Gasteiger partial charge in [0, 0.05) is 16.6 Å². The first-order valence-corrected chi connectivity index (χ1v) is 13.1. The number of fused-ring (bicyclic) bond motifs is 1. The first-order chi connectivity index (χ1) is 17.7. The van der Waals surface area contributed by atoms with E-state index in [4.69, 9.17) is 27.7 Å². The van der Waals surface area contributed by atoms with Crippen molar-refractivity contribution < 1.29 is 17.7 Å². The van der Waals surface area contributed by atoms with Gasteiger partial charge in [-0.05, 0) is 67.3 Å². The van der Waals surface area contributed by atoms with Crippen LogP contribution in [0.25, 0.3) is 26.9 Å². The predicted molar refractivity (Wildman–Crippen MR) is 143 cm³/mol. The molecule has 0 unspecified atom stereocenters. The molecule has 5 rings (SSSR count). The van der Waals surface area contributed by atoms with E-state index in [1.807, 2.05) is 18.2 Å². The molecule has 0 saturated carbocycles. The summed E-state index contributed by atoms with van der Waals surface area (Å²) in [6, 6.07) is 21.2. The van der Waals surface area contributed by atoms with Gasteiger partial charge in [0.05, 0.1) is 31.7 Å². The molecular formula is C26H17Cl2N4O4S-. The monoisotopic (exact) mass is 551 g/mol. The maximum Gasteiger partial charge on any atom is 0.256 e. The van der Waals surface area contributed by atoms with E-state index in [-0.39, 0.29) is 10.7 Å². The van der Waals surface area contributed by atoms with Crippen LogP contribution in [0, 0.1) is 6.92 Å². The molecule has 1 amide bonds. The van der Waals surface area contributed by atoms with Crippen molar-refractivity contribution in [2.75, 3.05) is 5.32 Å². The summed E-state index contributed by atoms with van der Waals surface area (Å²) in [4.78, 5) is 17.9. The average molecular weight is 552 g/mol. The minimum Gasteiger partial charge on any atom is -0.460 e. The quantitative estimate of drug-likeness (QED) is 0.239. The van der Waals surface area contributed by atoms with Gasteiger partial charge in [0.2, 0.25) is 10.0 Å². The zero-order valence-corrected chi connectivity index (χ0v) is 21.5. The molecule has 0 atom stereocenters. The van der Waals surface area contributed by atoms with Crippen molar-refractivity contribution in [1.82, 2.24) is 10.1 Å². The summed E-state index contributed by atoms with van der Waals surface area (Å²) in [5.41, 5.74) is 2.67. The van der Waals surface area contributed by atoms with Crippen molar-refractivity contribution in [3.8, 4) is 11.3 Å². The number of nitrogens with zero attached hydrogens (tertiary/aromatic N) is 3. The van der Waals surface area contributed by atoms with E-state index in [1.165, 1.54) is 30.3 Å². The fourth-order valence-electron chi connectivity index (χ4n) is 3.65. The van der Waals surface area contributed by atoms with Crippen LogP contribution in [0.4, 0.5) is 11.5 Å². The molecule has 186 valence electrons. The lowest BCUT2D eigenvalue weighted by Crippen LogP contribution is -2.13. The molecule has 3 aromatic carbocycles. The molecule has 0 aliphatic carbocycles. The highest BCUT2D eigenvalue weighted by Gasteiger charge is 2.16. The average Bonchev–Trinajstić information content (AvgIpc) is 3.28. The van der Waals surface area contributed by atoms with Gasteiger partial charge < -0.3 is 14.6 Å². The van der Waals surface area contributed by atoms with Crippen molar-refractivity contribution in [1.29, 1.82) is 0 Å². The third-order valence-corrected chi connectivity index (χ3v) is 7.45. The summed E-state index contributed by atoms with van der Waals surface area (Å²) < 4.78 is 33.7. The number of carbonyl (C=O) groups is 1. The lowest BCUT2D eigenvalue weighted by Gasteiger charge is -2.13. The molecule has 0 aliphatic heterocycles. The Kier molecular flexibility index (Phi) is 6.59. The molecule has 0 saturated heterocycles. The van der Waals surface area contributed by atoms with Gasteiger partial charge in [-0.1, -0.05) is 47.5 Å². The second kappa shape index (κ2) is 9.85. The van der Waals surface area contributed by atoms with Crippen molar-refractivity contribution in [3.05, 3.63) is 105 Å². The molecule has 5 aromatic rings. The van der Waals surface area contributed by atoms with Gasteiger partial charge in [-0.2, -0.15) is 0 Å². The van der Waals surface area contributed by atoms with Crippen LogP contribution in [0.15, 0.2) is 88.3 Å². The molecule has 37 heavy (non-hydrogen) atoms. The van der Waals surface area contributed by atoms with Gasteiger partial charge in [-0.15, -0.1) is 0 Å². The number of carbonyl (C=O) groups excluding carboxylic acids is 1. The number of aromatic nitrogens is 2. The number of halogens is 2. The molecule has 11 heteroatoms. The third kappa shape index (κ3) is 5.29. The summed E-state index contributed by atoms with van der Waals surface area (Å²) >= 11 is 12.2. The van der Waals surface area contributed by atoms with Gasteiger partial charge in [-0.3, -0.25) is 9.95 Å². The van der Waals surface area contributed by atoms with Crippen LogP contribution in [-0.4, -0.2) is 24.5 Å². The number of pyridine rings is 1. The third-order valence-electron chi connectivity index (χ3n) is 5.42. The highest BCUT2D eigenvalue weighted by molar-refractivity contribution is 7.94. The lowest BCUT2D eigenvalue weighted by molar-refractivity contribution is 0.102. The fraction of sp³-hybridized carbons (Fsp3) is 0.0385.